The molecule has 1 aromatic carbocycles. The van der Waals surface area contributed by atoms with Gasteiger partial charge in [0.05, 0.1) is 16.4 Å². The van der Waals surface area contributed by atoms with Crippen LogP contribution in [0.2, 0.25) is 0 Å². The Kier molecular flexibility index (Phi) is 5.82. The fraction of sp³-hybridized carbons (Fsp3) is 0.381. The van der Waals surface area contributed by atoms with Crippen LogP contribution in [0, 0.1) is 12.7 Å². The summed E-state index contributed by atoms with van der Waals surface area (Å²) in [5.41, 5.74) is 2.82. The Morgan fingerprint density at radius 1 is 1.14 bits per heavy atom. The summed E-state index contributed by atoms with van der Waals surface area (Å²) in [5, 5.41) is 4.92. The molecule has 1 amide bonds. The molecule has 4 nitrogen and oxygen atoms in total. The lowest BCUT2D eigenvalue weighted by Gasteiger charge is -2.06. The second kappa shape index (κ2) is 8.49. The molecule has 7 heteroatoms. The number of thiazole rings is 2. The first kappa shape index (κ1) is 19.2. The first-order valence-electron chi connectivity index (χ1n) is 9.59. The summed E-state index contributed by atoms with van der Waals surface area (Å²) < 4.78 is 13.1. The first-order valence-corrected chi connectivity index (χ1v) is 11.2. The second-order valence-electron chi connectivity index (χ2n) is 6.98. The zero-order valence-corrected chi connectivity index (χ0v) is 17.4. The number of carbonyl (C=O) groups excluding carboxylic acids is 1. The molecule has 0 fully saturated rings. The molecule has 2 heterocycles. The number of nitrogens with zero attached hydrogens (tertiary/aromatic N) is 2. The summed E-state index contributed by atoms with van der Waals surface area (Å²) in [5.74, 6) is -0.377. The Labute approximate surface area is 171 Å². The summed E-state index contributed by atoms with van der Waals surface area (Å²) >= 11 is 3.18. The standard InChI is InChI=1S/C21H22FN3OS2/c1-13-19(28-21(24-13)14-8-10-15(22)11-9-14)20(26)23-12-4-7-18-25-16-5-2-3-6-17(16)27-18/h8-11H,2-7,12H2,1H3,(H,23,26). The van der Waals surface area contributed by atoms with Gasteiger partial charge in [0.15, 0.2) is 0 Å². The SMILES string of the molecule is Cc1nc(-c2ccc(F)cc2)sc1C(=O)NCCCc1nc2c(s1)CCCC2. The number of aromatic nitrogens is 2. The smallest absolute Gasteiger partial charge is 0.263 e. The summed E-state index contributed by atoms with van der Waals surface area (Å²) in [7, 11) is 0. The molecular weight excluding hydrogens is 393 g/mol. The number of benzene rings is 1. The Balaban J connectivity index is 1.31. The fourth-order valence-corrected chi connectivity index (χ4v) is 5.54. The van der Waals surface area contributed by atoms with E-state index in [1.807, 2.05) is 18.3 Å². The minimum Gasteiger partial charge on any atom is -0.351 e. The number of fused-ring (bicyclic) bond motifs is 1. The third-order valence-corrected chi connectivity index (χ3v) is 7.26. The number of halogens is 1. The third-order valence-electron chi connectivity index (χ3n) is 4.84. The minimum atomic E-state index is -0.281. The summed E-state index contributed by atoms with van der Waals surface area (Å²) in [6.07, 6.45) is 6.59. The molecule has 2 aromatic heterocycles. The van der Waals surface area contributed by atoms with E-state index in [-0.39, 0.29) is 11.7 Å². The average Bonchev–Trinajstić information content (AvgIpc) is 3.29. The van der Waals surface area contributed by atoms with Gasteiger partial charge in [-0.3, -0.25) is 4.79 Å². The highest BCUT2D eigenvalue weighted by Gasteiger charge is 2.17. The van der Waals surface area contributed by atoms with E-state index >= 15 is 0 Å². The normalized spacial score (nSPS) is 13.4. The second-order valence-corrected chi connectivity index (χ2v) is 9.15. The van der Waals surface area contributed by atoms with Crippen molar-refractivity contribution < 1.29 is 9.18 Å². The van der Waals surface area contributed by atoms with Gasteiger partial charge in [0, 0.05) is 23.4 Å². The van der Waals surface area contributed by atoms with Gasteiger partial charge in [0.1, 0.15) is 15.7 Å². The number of carbonyl (C=O) groups is 1. The third kappa shape index (κ3) is 4.31. The van der Waals surface area contributed by atoms with Crippen molar-refractivity contribution in [1.82, 2.24) is 15.3 Å². The zero-order valence-electron chi connectivity index (χ0n) is 15.8. The van der Waals surface area contributed by atoms with Crippen LogP contribution < -0.4 is 5.32 Å². The lowest BCUT2D eigenvalue weighted by molar-refractivity contribution is 0.0956. The van der Waals surface area contributed by atoms with Crippen LogP contribution in [0.15, 0.2) is 24.3 Å². The summed E-state index contributed by atoms with van der Waals surface area (Å²) in [6.45, 7) is 2.45. The van der Waals surface area contributed by atoms with E-state index in [9.17, 15) is 9.18 Å². The highest BCUT2D eigenvalue weighted by Crippen LogP contribution is 2.29. The minimum absolute atomic E-state index is 0.0956. The van der Waals surface area contributed by atoms with Crippen molar-refractivity contribution in [3.63, 3.8) is 0 Å². The molecular formula is C21H22FN3OS2. The van der Waals surface area contributed by atoms with Gasteiger partial charge < -0.3 is 5.32 Å². The molecule has 146 valence electrons. The predicted molar refractivity (Wildman–Crippen MR) is 112 cm³/mol. The van der Waals surface area contributed by atoms with Crippen molar-refractivity contribution in [3.05, 3.63) is 56.2 Å². The van der Waals surface area contributed by atoms with Gasteiger partial charge >= 0.3 is 0 Å². The Morgan fingerprint density at radius 3 is 2.71 bits per heavy atom. The maximum atomic E-state index is 13.1. The maximum absolute atomic E-state index is 13.1. The van der Waals surface area contributed by atoms with Crippen molar-refractivity contribution >= 4 is 28.6 Å². The van der Waals surface area contributed by atoms with Gasteiger partial charge in [-0.2, -0.15) is 0 Å². The lowest BCUT2D eigenvalue weighted by atomic mass is 10.0. The van der Waals surface area contributed by atoms with Crippen LogP contribution >= 0.6 is 22.7 Å². The molecule has 3 aromatic rings. The first-order chi connectivity index (χ1) is 13.6. The van der Waals surface area contributed by atoms with E-state index in [1.54, 1.807) is 12.1 Å². The number of amides is 1. The summed E-state index contributed by atoms with van der Waals surface area (Å²) in [6, 6.07) is 6.18. The molecule has 0 radical (unpaired) electrons. The van der Waals surface area contributed by atoms with E-state index in [1.165, 1.54) is 58.3 Å². The Bertz CT molecular complexity index is 955. The van der Waals surface area contributed by atoms with Crippen LogP contribution in [0.1, 0.15) is 50.2 Å². The van der Waals surface area contributed by atoms with E-state index in [0.29, 0.717) is 17.1 Å². The topological polar surface area (TPSA) is 54.9 Å². The molecule has 4 rings (SSSR count). The predicted octanol–water partition coefficient (Wildman–Crippen LogP) is 4.96. The lowest BCUT2D eigenvalue weighted by Crippen LogP contribution is -2.24. The molecule has 28 heavy (non-hydrogen) atoms. The van der Waals surface area contributed by atoms with Crippen LogP contribution in [-0.4, -0.2) is 22.4 Å². The zero-order chi connectivity index (χ0) is 19.5. The average molecular weight is 416 g/mol. The largest absolute Gasteiger partial charge is 0.351 e. The van der Waals surface area contributed by atoms with Crippen LogP contribution in [0.25, 0.3) is 10.6 Å². The molecule has 1 aliphatic carbocycles. The van der Waals surface area contributed by atoms with Crippen LogP contribution in [0.4, 0.5) is 4.39 Å². The molecule has 1 N–H and O–H groups in total. The van der Waals surface area contributed by atoms with Crippen molar-refractivity contribution in [3.8, 4) is 10.6 Å². The van der Waals surface area contributed by atoms with Gasteiger partial charge in [-0.1, -0.05) is 0 Å². The monoisotopic (exact) mass is 415 g/mol. The van der Waals surface area contributed by atoms with Crippen LogP contribution in [-0.2, 0) is 19.3 Å². The molecule has 0 bridgehead atoms. The number of nitrogens with one attached hydrogen (secondary N) is 1. The van der Waals surface area contributed by atoms with E-state index < -0.39 is 0 Å². The van der Waals surface area contributed by atoms with E-state index in [2.05, 4.69) is 10.3 Å². The highest BCUT2D eigenvalue weighted by molar-refractivity contribution is 7.17. The van der Waals surface area contributed by atoms with E-state index in [0.717, 1.165) is 29.8 Å². The van der Waals surface area contributed by atoms with Crippen molar-refractivity contribution in [2.24, 2.45) is 0 Å². The molecule has 0 saturated heterocycles. The van der Waals surface area contributed by atoms with Gasteiger partial charge in [-0.05, 0) is 63.3 Å². The number of hydrogen-bond acceptors (Lipinski definition) is 5. The number of hydrogen-bond donors (Lipinski definition) is 1. The quantitative estimate of drug-likeness (QED) is 0.579. The highest BCUT2D eigenvalue weighted by atomic mass is 32.1. The number of rotatable bonds is 6. The van der Waals surface area contributed by atoms with Crippen molar-refractivity contribution in [2.45, 2.75) is 45.4 Å². The molecule has 0 spiro atoms. The van der Waals surface area contributed by atoms with Crippen molar-refractivity contribution in [2.75, 3.05) is 6.54 Å². The fourth-order valence-electron chi connectivity index (χ4n) is 3.36. The van der Waals surface area contributed by atoms with Gasteiger partial charge in [-0.25, -0.2) is 14.4 Å². The van der Waals surface area contributed by atoms with Gasteiger partial charge in [-0.15, -0.1) is 22.7 Å². The number of aryl methyl sites for hydroxylation is 4. The molecule has 0 unspecified atom stereocenters. The molecule has 0 atom stereocenters. The molecule has 0 aliphatic heterocycles. The Morgan fingerprint density at radius 2 is 1.93 bits per heavy atom. The molecule has 1 aliphatic rings. The molecule has 0 saturated carbocycles. The van der Waals surface area contributed by atoms with Crippen LogP contribution in [0.3, 0.4) is 0 Å². The van der Waals surface area contributed by atoms with Crippen LogP contribution in [0.5, 0.6) is 0 Å². The van der Waals surface area contributed by atoms with E-state index in [4.69, 9.17) is 4.98 Å². The van der Waals surface area contributed by atoms with Gasteiger partial charge in [0.2, 0.25) is 0 Å². The maximum Gasteiger partial charge on any atom is 0.263 e. The Hall–Kier alpha value is -2.12. The van der Waals surface area contributed by atoms with Crippen molar-refractivity contribution in [1.29, 1.82) is 0 Å². The van der Waals surface area contributed by atoms with Gasteiger partial charge in [0.25, 0.3) is 5.91 Å². The summed E-state index contributed by atoms with van der Waals surface area (Å²) in [4.78, 5) is 23.8.